The summed E-state index contributed by atoms with van der Waals surface area (Å²) in [5, 5.41) is 3.09. The van der Waals surface area contributed by atoms with Crippen molar-refractivity contribution in [3.05, 3.63) is 35.4 Å². The molecule has 1 aromatic rings. The minimum absolute atomic E-state index is 0.125. The number of nitrogens with zero attached hydrogens (tertiary/aromatic N) is 2. The van der Waals surface area contributed by atoms with Crippen LogP contribution in [0.5, 0.6) is 0 Å². The third-order valence-corrected chi connectivity index (χ3v) is 3.39. The van der Waals surface area contributed by atoms with E-state index in [1.807, 2.05) is 21.1 Å². The molecule has 120 valence electrons. The van der Waals surface area contributed by atoms with Gasteiger partial charge in [0.2, 0.25) is 0 Å². The highest BCUT2D eigenvalue weighted by Gasteiger charge is 2.30. The molecule has 0 radical (unpaired) electrons. The minimum atomic E-state index is -4.30. The molecule has 0 aliphatic carbocycles. The number of benzene rings is 1. The second-order valence-electron chi connectivity index (χ2n) is 5.53. The maximum Gasteiger partial charge on any atom is 0.416 e. The third-order valence-electron chi connectivity index (χ3n) is 3.39. The average molecular weight is 303 g/mol. The number of likely N-dealkylation sites (N-methyl/N-ethyl adjacent to an activating group) is 3. The van der Waals surface area contributed by atoms with Crippen molar-refractivity contribution in [3.8, 4) is 0 Å². The monoisotopic (exact) mass is 303 g/mol. The Labute approximate surface area is 124 Å². The highest BCUT2D eigenvalue weighted by Crippen LogP contribution is 2.30. The smallest absolute Gasteiger partial charge is 0.312 e. The average Bonchev–Trinajstić information content (AvgIpc) is 2.41. The molecule has 0 fully saturated rings. The fraction of sp³-hybridized carbons (Fsp3) is 0.600. The molecule has 1 rings (SSSR count). The second kappa shape index (κ2) is 7.77. The second-order valence-corrected chi connectivity index (χ2v) is 5.53. The van der Waals surface area contributed by atoms with Crippen LogP contribution in [0.2, 0.25) is 0 Å². The summed E-state index contributed by atoms with van der Waals surface area (Å²) in [7, 11) is 7.73. The van der Waals surface area contributed by atoms with Crippen LogP contribution in [0.4, 0.5) is 13.2 Å². The largest absolute Gasteiger partial charge is 0.416 e. The van der Waals surface area contributed by atoms with Crippen molar-refractivity contribution < 1.29 is 13.2 Å². The van der Waals surface area contributed by atoms with Gasteiger partial charge in [-0.05, 0) is 45.9 Å². The van der Waals surface area contributed by atoms with Crippen LogP contribution in [0, 0.1) is 0 Å². The van der Waals surface area contributed by atoms with Crippen LogP contribution in [0.3, 0.4) is 0 Å². The molecule has 0 bridgehead atoms. The highest BCUT2D eigenvalue weighted by molar-refractivity contribution is 5.28. The first kappa shape index (κ1) is 17.9. The Morgan fingerprint density at radius 2 is 1.81 bits per heavy atom. The van der Waals surface area contributed by atoms with Gasteiger partial charge in [-0.15, -0.1) is 0 Å². The summed E-state index contributed by atoms with van der Waals surface area (Å²) in [4.78, 5) is 4.19. The fourth-order valence-corrected chi connectivity index (χ4v) is 2.07. The van der Waals surface area contributed by atoms with Crippen molar-refractivity contribution in [2.75, 3.05) is 47.8 Å². The summed E-state index contributed by atoms with van der Waals surface area (Å²) in [6, 6.07) is 5.39. The predicted molar refractivity (Wildman–Crippen MR) is 79.3 cm³/mol. The SMILES string of the molecule is CNC(CN(C)CCN(C)C)c1cccc(C(F)(F)F)c1. The van der Waals surface area contributed by atoms with Gasteiger partial charge in [0.25, 0.3) is 0 Å². The zero-order valence-electron chi connectivity index (χ0n) is 13.0. The topological polar surface area (TPSA) is 18.5 Å². The maximum atomic E-state index is 12.8. The van der Waals surface area contributed by atoms with Crippen LogP contribution >= 0.6 is 0 Å². The van der Waals surface area contributed by atoms with Crippen LogP contribution in [0.1, 0.15) is 17.2 Å². The Morgan fingerprint density at radius 3 is 2.33 bits per heavy atom. The lowest BCUT2D eigenvalue weighted by molar-refractivity contribution is -0.137. The summed E-state index contributed by atoms with van der Waals surface area (Å²) < 4.78 is 38.3. The Bertz CT molecular complexity index is 432. The molecule has 0 heterocycles. The fourth-order valence-electron chi connectivity index (χ4n) is 2.07. The maximum absolute atomic E-state index is 12.8. The summed E-state index contributed by atoms with van der Waals surface area (Å²) in [6.45, 7) is 2.44. The standard InChI is InChI=1S/C15H24F3N3/c1-19-14(11-21(4)9-8-20(2)3)12-6-5-7-13(10-12)15(16,17)18/h5-7,10,14,19H,8-9,11H2,1-4H3. The number of hydrogen-bond donors (Lipinski definition) is 1. The first-order chi connectivity index (χ1) is 9.74. The first-order valence-corrected chi connectivity index (χ1v) is 6.91. The Morgan fingerprint density at radius 1 is 1.14 bits per heavy atom. The van der Waals surface area contributed by atoms with Crippen LogP contribution in [-0.4, -0.2) is 57.6 Å². The van der Waals surface area contributed by atoms with Gasteiger partial charge in [0.15, 0.2) is 0 Å². The number of rotatable bonds is 7. The molecule has 1 aromatic carbocycles. The van der Waals surface area contributed by atoms with Crippen molar-refractivity contribution in [3.63, 3.8) is 0 Å². The van der Waals surface area contributed by atoms with E-state index in [1.165, 1.54) is 12.1 Å². The van der Waals surface area contributed by atoms with Gasteiger partial charge < -0.3 is 15.1 Å². The van der Waals surface area contributed by atoms with E-state index in [0.717, 1.165) is 19.2 Å². The number of alkyl halides is 3. The van der Waals surface area contributed by atoms with Crippen molar-refractivity contribution in [1.82, 2.24) is 15.1 Å². The van der Waals surface area contributed by atoms with E-state index in [9.17, 15) is 13.2 Å². The van der Waals surface area contributed by atoms with Gasteiger partial charge in [-0.25, -0.2) is 0 Å². The molecule has 0 aromatic heterocycles. The van der Waals surface area contributed by atoms with Gasteiger partial charge in [0.1, 0.15) is 0 Å². The van der Waals surface area contributed by atoms with Crippen molar-refractivity contribution >= 4 is 0 Å². The van der Waals surface area contributed by atoms with Gasteiger partial charge >= 0.3 is 6.18 Å². The summed E-state index contributed by atoms with van der Waals surface area (Å²) in [5.41, 5.74) is 0.0558. The predicted octanol–water partition coefficient (Wildman–Crippen LogP) is 2.46. The molecule has 21 heavy (non-hydrogen) atoms. The molecular weight excluding hydrogens is 279 g/mol. The molecule has 0 saturated heterocycles. The zero-order valence-corrected chi connectivity index (χ0v) is 13.0. The van der Waals surface area contributed by atoms with E-state index >= 15 is 0 Å². The summed E-state index contributed by atoms with van der Waals surface area (Å²) in [5.74, 6) is 0. The van der Waals surface area contributed by atoms with E-state index in [1.54, 1.807) is 13.1 Å². The van der Waals surface area contributed by atoms with Gasteiger partial charge in [-0.3, -0.25) is 0 Å². The van der Waals surface area contributed by atoms with Crippen molar-refractivity contribution in [1.29, 1.82) is 0 Å². The molecule has 3 nitrogen and oxygen atoms in total. The summed E-state index contributed by atoms with van der Waals surface area (Å²) >= 11 is 0. The lowest BCUT2D eigenvalue weighted by atomic mass is 10.0. The van der Waals surface area contributed by atoms with Gasteiger partial charge in [0.05, 0.1) is 5.56 Å². The van der Waals surface area contributed by atoms with Crippen LogP contribution in [-0.2, 0) is 6.18 Å². The number of nitrogens with one attached hydrogen (secondary N) is 1. The lowest BCUT2D eigenvalue weighted by Gasteiger charge is -2.25. The highest BCUT2D eigenvalue weighted by atomic mass is 19.4. The molecule has 1 N–H and O–H groups in total. The Kier molecular flexibility index (Phi) is 6.64. The molecule has 0 spiro atoms. The van der Waals surface area contributed by atoms with E-state index in [-0.39, 0.29) is 6.04 Å². The minimum Gasteiger partial charge on any atom is -0.312 e. The van der Waals surface area contributed by atoms with Crippen LogP contribution in [0.25, 0.3) is 0 Å². The normalized spacial score (nSPS) is 14.0. The third kappa shape index (κ3) is 6.03. The molecule has 0 aliphatic heterocycles. The molecule has 1 atom stereocenters. The first-order valence-electron chi connectivity index (χ1n) is 6.91. The van der Waals surface area contributed by atoms with E-state index in [4.69, 9.17) is 0 Å². The molecule has 0 aliphatic rings. The molecule has 1 unspecified atom stereocenters. The molecular formula is C15H24F3N3. The summed E-state index contributed by atoms with van der Waals surface area (Å²) in [6.07, 6.45) is -4.30. The molecule has 0 amide bonds. The molecule has 0 saturated carbocycles. The Balaban J connectivity index is 2.76. The Hall–Kier alpha value is -1.11. The van der Waals surface area contributed by atoms with Gasteiger partial charge in [-0.1, -0.05) is 12.1 Å². The van der Waals surface area contributed by atoms with Crippen LogP contribution in [0.15, 0.2) is 24.3 Å². The number of halogens is 3. The van der Waals surface area contributed by atoms with E-state index < -0.39 is 11.7 Å². The van der Waals surface area contributed by atoms with E-state index in [2.05, 4.69) is 15.1 Å². The van der Waals surface area contributed by atoms with E-state index in [0.29, 0.717) is 12.1 Å². The van der Waals surface area contributed by atoms with Crippen LogP contribution < -0.4 is 5.32 Å². The number of hydrogen-bond acceptors (Lipinski definition) is 3. The lowest BCUT2D eigenvalue weighted by Crippen LogP contribution is -2.35. The molecule has 6 heteroatoms. The quantitative estimate of drug-likeness (QED) is 0.835. The van der Waals surface area contributed by atoms with Crippen molar-refractivity contribution in [2.24, 2.45) is 0 Å². The van der Waals surface area contributed by atoms with Gasteiger partial charge in [-0.2, -0.15) is 13.2 Å². The zero-order chi connectivity index (χ0) is 16.0. The van der Waals surface area contributed by atoms with Gasteiger partial charge in [0, 0.05) is 25.7 Å². The van der Waals surface area contributed by atoms with Crippen molar-refractivity contribution in [2.45, 2.75) is 12.2 Å².